The van der Waals surface area contributed by atoms with Crippen LogP contribution in [-0.4, -0.2) is 32.1 Å². The number of rotatable bonds is 6. The smallest absolute Gasteiger partial charge is 0.120 e. The van der Waals surface area contributed by atoms with Crippen LogP contribution in [0.5, 0.6) is 5.75 Å². The second kappa shape index (κ2) is 7.05. The summed E-state index contributed by atoms with van der Waals surface area (Å²) in [7, 11) is 4.27. The van der Waals surface area contributed by atoms with E-state index in [1.54, 1.807) is 0 Å². The number of hydrogen-bond acceptors (Lipinski definition) is 3. The molecule has 0 bridgehead atoms. The van der Waals surface area contributed by atoms with Gasteiger partial charge in [0.25, 0.3) is 0 Å². The van der Waals surface area contributed by atoms with E-state index >= 15 is 0 Å². The van der Waals surface area contributed by atoms with Crippen LogP contribution in [0.4, 0.5) is 5.69 Å². The summed E-state index contributed by atoms with van der Waals surface area (Å²) in [5.74, 6) is 1.55. The first kappa shape index (κ1) is 15.9. The third kappa shape index (κ3) is 3.85. The van der Waals surface area contributed by atoms with Crippen molar-refractivity contribution in [3.8, 4) is 5.75 Å². The molecule has 3 rings (SSSR count). The van der Waals surface area contributed by atoms with Crippen LogP contribution in [0.1, 0.15) is 29.0 Å². The van der Waals surface area contributed by atoms with Gasteiger partial charge in [0.1, 0.15) is 12.4 Å². The molecule has 1 heterocycles. The predicted molar refractivity (Wildman–Crippen MR) is 96.4 cm³/mol. The van der Waals surface area contributed by atoms with Gasteiger partial charge in [-0.15, -0.1) is 0 Å². The maximum absolute atomic E-state index is 6.03. The summed E-state index contributed by atoms with van der Waals surface area (Å²) in [5, 5.41) is 3.57. The fraction of sp³-hybridized carbons (Fsp3) is 0.400. The zero-order valence-corrected chi connectivity index (χ0v) is 14.3. The molecule has 1 aliphatic rings. The Morgan fingerprint density at radius 3 is 2.70 bits per heavy atom. The minimum atomic E-state index is 0.575. The van der Waals surface area contributed by atoms with Gasteiger partial charge in [-0.25, -0.2) is 0 Å². The quantitative estimate of drug-likeness (QED) is 0.871. The number of hydrogen-bond donors (Lipinski definition) is 1. The Labute approximate surface area is 139 Å². The average Bonchev–Trinajstić information content (AvgIpc) is 2.95. The van der Waals surface area contributed by atoms with Gasteiger partial charge in [-0.1, -0.05) is 30.3 Å². The molecule has 1 N–H and O–H groups in total. The molecule has 23 heavy (non-hydrogen) atoms. The molecule has 1 aliphatic heterocycles. The van der Waals surface area contributed by atoms with Gasteiger partial charge in [-0.2, -0.15) is 0 Å². The molecule has 0 radical (unpaired) electrons. The molecule has 0 spiro atoms. The largest absolute Gasteiger partial charge is 0.489 e. The first-order valence-corrected chi connectivity index (χ1v) is 8.33. The third-order valence-corrected chi connectivity index (χ3v) is 4.48. The summed E-state index contributed by atoms with van der Waals surface area (Å²) >= 11 is 0. The van der Waals surface area contributed by atoms with Gasteiger partial charge >= 0.3 is 0 Å². The normalized spacial score (nSPS) is 16.3. The number of nitrogens with zero attached hydrogens (tertiary/aromatic N) is 1. The van der Waals surface area contributed by atoms with Crippen LogP contribution in [0.25, 0.3) is 0 Å². The number of nitrogens with one attached hydrogen (secondary N) is 1. The molecule has 0 aromatic heterocycles. The van der Waals surface area contributed by atoms with Crippen LogP contribution in [0, 0.1) is 6.92 Å². The van der Waals surface area contributed by atoms with Crippen molar-refractivity contribution in [2.45, 2.75) is 25.9 Å². The third-order valence-electron chi connectivity index (χ3n) is 4.48. The Balaban J connectivity index is 1.73. The number of benzene rings is 2. The molecule has 2 aromatic carbocycles. The first-order chi connectivity index (χ1) is 11.1. The van der Waals surface area contributed by atoms with Gasteiger partial charge in [-0.05, 0) is 62.8 Å². The van der Waals surface area contributed by atoms with Crippen LogP contribution >= 0.6 is 0 Å². The van der Waals surface area contributed by atoms with Crippen molar-refractivity contribution in [1.29, 1.82) is 0 Å². The molecule has 3 nitrogen and oxygen atoms in total. The van der Waals surface area contributed by atoms with E-state index < -0.39 is 0 Å². The van der Waals surface area contributed by atoms with E-state index in [2.05, 4.69) is 55.5 Å². The summed E-state index contributed by atoms with van der Waals surface area (Å²) in [6.45, 7) is 4.93. The topological polar surface area (TPSA) is 24.5 Å². The van der Waals surface area contributed by atoms with E-state index in [0.29, 0.717) is 12.5 Å². The van der Waals surface area contributed by atoms with E-state index in [-0.39, 0.29) is 0 Å². The SMILES string of the molecule is Cc1cc(OCc2ccccc2)cc2c1NCC2CCN(C)C. The van der Waals surface area contributed by atoms with Crippen LogP contribution in [0.3, 0.4) is 0 Å². The summed E-state index contributed by atoms with van der Waals surface area (Å²) in [6, 6.07) is 14.7. The van der Waals surface area contributed by atoms with E-state index in [4.69, 9.17) is 4.74 Å². The van der Waals surface area contributed by atoms with Crippen LogP contribution in [-0.2, 0) is 6.61 Å². The van der Waals surface area contributed by atoms with Crippen molar-refractivity contribution in [2.75, 3.05) is 32.5 Å². The zero-order chi connectivity index (χ0) is 16.2. The van der Waals surface area contributed by atoms with Crippen LogP contribution in [0.15, 0.2) is 42.5 Å². The number of anilines is 1. The van der Waals surface area contributed by atoms with Crippen molar-refractivity contribution in [3.05, 3.63) is 59.2 Å². The lowest BCUT2D eigenvalue weighted by Crippen LogP contribution is -2.16. The molecule has 3 heteroatoms. The molecule has 0 fully saturated rings. The zero-order valence-electron chi connectivity index (χ0n) is 14.3. The number of fused-ring (bicyclic) bond motifs is 1. The Bertz CT molecular complexity index is 652. The van der Waals surface area contributed by atoms with Gasteiger partial charge in [-0.3, -0.25) is 0 Å². The summed E-state index contributed by atoms with van der Waals surface area (Å²) in [5.41, 5.74) is 5.20. The second-order valence-corrected chi connectivity index (χ2v) is 6.65. The molecular weight excluding hydrogens is 284 g/mol. The molecule has 1 atom stereocenters. The molecular formula is C20H26N2O. The van der Waals surface area contributed by atoms with Crippen molar-refractivity contribution >= 4 is 5.69 Å². The average molecular weight is 310 g/mol. The highest BCUT2D eigenvalue weighted by molar-refractivity contribution is 5.65. The Morgan fingerprint density at radius 2 is 1.96 bits per heavy atom. The van der Waals surface area contributed by atoms with E-state index in [1.165, 1.54) is 28.8 Å². The summed E-state index contributed by atoms with van der Waals surface area (Å²) in [6.07, 6.45) is 1.18. The van der Waals surface area contributed by atoms with Crippen molar-refractivity contribution in [3.63, 3.8) is 0 Å². The predicted octanol–water partition coefficient (Wildman–Crippen LogP) is 4.03. The molecule has 122 valence electrons. The Kier molecular flexibility index (Phi) is 4.87. The Morgan fingerprint density at radius 1 is 1.17 bits per heavy atom. The van der Waals surface area contributed by atoms with Gasteiger partial charge < -0.3 is 15.0 Å². The second-order valence-electron chi connectivity index (χ2n) is 6.65. The molecule has 1 unspecified atom stereocenters. The maximum atomic E-state index is 6.03. The van der Waals surface area contributed by atoms with E-state index in [0.717, 1.165) is 18.8 Å². The Hall–Kier alpha value is -2.00. The fourth-order valence-corrected chi connectivity index (χ4v) is 3.17. The highest BCUT2D eigenvalue weighted by Gasteiger charge is 2.24. The lowest BCUT2D eigenvalue weighted by Gasteiger charge is -2.16. The van der Waals surface area contributed by atoms with Crippen LogP contribution in [0.2, 0.25) is 0 Å². The fourth-order valence-electron chi connectivity index (χ4n) is 3.17. The highest BCUT2D eigenvalue weighted by Crippen LogP contribution is 2.39. The molecule has 0 amide bonds. The lowest BCUT2D eigenvalue weighted by atomic mass is 9.96. The minimum Gasteiger partial charge on any atom is -0.489 e. The highest BCUT2D eigenvalue weighted by atomic mass is 16.5. The van der Waals surface area contributed by atoms with Gasteiger partial charge in [0.2, 0.25) is 0 Å². The van der Waals surface area contributed by atoms with E-state index in [1.807, 2.05) is 18.2 Å². The van der Waals surface area contributed by atoms with Gasteiger partial charge in [0.05, 0.1) is 0 Å². The summed E-state index contributed by atoms with van der Waals surface area (Å²) in [4.78, 5) is 2.25. The number of aryl methyl sites for hydroxylation is 1. The maximum Gasteiger partial charge on any atom is 0.120 e. The first-order valence-electron chi connectivity index (χ1n) is 8.33. The van der Waals surface area contributed by atoms with Crippen molar-refractivity contribution in [2.24, 2.45) is 0 Å². The lowest BCUT2D eigenvalue weighted by molar-refractivity contribution is 0.305. The van der Waals surface area contributed by atoms with Crippen molar-refractivity contribution in [1.82, 2.24) is 4.90 Å². The van der Waals surface area contributed by atoms with Gasteiger partial charge in [0, 0.05) is 18.2 Å². The minimum absolute atomic E-state index is 0.575. The van der Waals surface area contributed by atoms with Crippen molar-refractivity contribution < 1.29 is 4.74 Å². The summed E-state index contributed by atoms with van der Waals surface area (Å²) < 4.78 is 6.03. The molecule has 0 aliphatic carbocycles. The standard InChI is InChI=1S/C20H26N2O/c1-15-11-18(23-14-16-7-5-4-6-8-16)12-19-17(9-10-22(2)3)13-21-20(15)19/h4-8,11-12,17,21H,9-10,13-14H2,1-3H3. The molecule has 0 saturated carbocycles. The molecule has 0 saturated heterocycles. The molecule has 2 aromatic rings. The van der Waals surface area contributed by atoms with E-state index in [9.17, 15) is 0 Å². The van der Waals surface area contributed by atoms with Crippen LogP contribution < -0.4 is 10.1 Å². The monoisotopic (exact) mass is 310 g/mol. The van der Waals surface area contributed by atoms with Gasteiger partial charge in [0.15, 0.2) is 0 Å². The number of ether oxygens (including phenoxy) is 1.